The number of rotatable bonds is 4. The molecule has 232 valence electrons. The second-order valence-electron chi connectivity index (χ2n) is 12.7. The van der Waals surface area contributed by atoms with Crippen LogP contribution in [0.15, 0.2) is 170 Å². The van der Waals surface area contributed by atoms with E-state index in [1.807, 2.05) is 12.3 Å². The third-order valence-corrected chi connectivity index (χ3v) is 9.70. The lowest BCUT2D eigenvalue weighted by molar-refractivity contribution is 1.36. The SMILES string of the molecule is c1ccc(-c2ccc(-c3c4ccccc4nc4c3ccc3ccc(-c5ccc(-c6ccc7ccc8cccnc8c7n6)cc5)nc34)cc2)cc1. The highest BCUT2D eigenvalue weighted by Gasteiger charge is 2.15. The van der Waals surface area contributed by atoms with Crippen LogP contribution in [0.4, 0.5) is 0 Å². The molecule has 50 heavy (non-hydrogen) atoms. The van der Waals surface area contributed by atoms with Gasteiger partial charge in [0.2, 0.25) is 0 Å². The third kappa shape index (κ3) is 4.69. The maximum absolute atomic E-state index is 5.26. The van der Waals surface area contributed by atoms with Gasteiger partial charge >= 0.3 is 0 Å². The first-order valence-corrected chi connectivity index (χ1v) is 16.8. The highest BCUT2D eigenvalue weighted by molar-refractivity contribution is 6.16. The van der Waals surface area contributed by atoms with Crippen molar-refractivity contribution in [1.82, 2.24) is 19.9 Å². The fourth-order valence-corrected chi connectivity index (χ4v) is 7.16. The molecule has 4 aromatic heterocycles. The molecule has 0 spiro atoms. The van der Waals surface area contributed by atoms with Gasteiger partial charge in [-0.25, -0.2) is 15.0 Å². The van der Waals surface area contributed by atoms with Crippen LogP contribution in [-0.4, -0.2) is 19.9 Å². The fourth-order valence-electron chi connectivity index (χ4n) is 7.16. The molecule has 0 aliphatic carbocycles. The quantitative estimate of drug-likeness (QED) is 0.142. The van der Waals surface area contributed by atoms with Gasteiger partial charge in [-0.3, -0.25) is 4.98 Å². The van der Waals surface area contributed by atoms with E-state index in [0.29, 0.717) is 0 Å². The Balaban J connectivity index is 1.07. The molecule has 4 heterocycles. The molecule has 0 unspecified atom stereocenters. The lowest BCUT2D eigenvalue weighted by Crippen LogP contribution is -1.93. The molecule has 0 aliphatic heterocycles. The number of hydrogen-bond donors (Lipinski definition) is 0. The zero-order valence-corrected chi connectivity index (χ0v) is 27.0. The molecule has 4 nitrogen and oxygen atoms in total. The smallest absolute Gasteiger partial charge is 0.0978 e. The van der Waals surface area contributed by atoms with E-state index in [1.54, 1.807) is 0 Å². The van der Waals surface area contributed by atoms with Crippen molar-refractivity contribution in [2.24, 2.45) is 0 Å². The molecule has 0 aliphatic rings. The number of pyridine rings is 4. The number of para-hydroxylation sites is 1. The lowest BCUT2D eigenvalue weighted by atomic mass is 9.93. The number of hydrogen-bond acceptors (Lipinski definition) is 4. The Bertz CT molecular complexity index is 2900. The summed E-state index contributed by atoms with van der Waals surface area (Å²) in [5.74, 6) is 0. The predicted molar refractivity (Wildman–Crippen MR) is 207 cm³/mol. The van der Waals surface area contributed by atoms with E-state index in [9.17, 15) is 0 Å². The van der Waals surface area contributed by atoms with Crippen LogP contribution in [0.25, 0.3) is 99.3 Å². The molecule has 4 heteroatoms. The highest BCUT2D eigenvalue weighted by atomic mass is 14.8. The highest BCUT2D eigenvalue weighted by Crippen LogP contribution is 2.38. The van der Waals surface area contributed by atoms with Crippen molar-refractivity contribution in [3.05, 3.63) is 170 Å². The minimum atomic E-state index is 0.896. The molecular weight excluding hydrogens is 609 g/mol. The third-order valence-electron chi connectivity index (χ3n) is 9.70. The Morgan fingerprint density at radius 2 is 0.840 bits per heavy atom. The second-order valence-corrected chi connectivity index (χ2v) is 12.7. The van der Waals surface area contributed by atoms with E-state index in [4.69, 9.17) is 15.0 Å². The van der Waals surface area contributed by atoms with Gasteiger partial charge in [0.25, 0.3) is 0 Å². The van der Waals surface area contributed by atoms with Crippen LogP contribution in [0, 0.1) is 0 Å². The van der Waals surface area contributed by atoms with Crippen molar-refractivity contribution in [1.29, 1.82) is 0 Å². The van der Waals surface area contributed by atoms with Crippen molar-refractivity contribution < 1.29 is 0 Å². The first kappa shape index (κ1) is 28.3. The summed E-state index contributed by atoms with van der Waals surface area (Å²) in [6.07, 6.45) is 1.83. The van der Waals surface area contributed by atoms with E-state index >= 15 is 0 Å². The summed E-state index contributed by atoms with van der Waals surface area (Å²) >= 11 is 0. The van der Waals surface area contributed by atoms with Gasteiger partial charge in [0.15, 0.2) is 0 Å². The Morgan fingerprint density at radius 3 is 1.56 bits per heavy atom. The average molecular weight is 637 g/mol. The van der Waals surface area contributed by atoms with Gasteiger partial charge in [0.1, 0.15) is 0 Å². The Kier molecular flexibility index (Phi) is 6.46. The minimum Gasteiger partial charge on any atom is -0.254 e. The molecule has 10 rings (SSSR count). The molecule has 0 saturated heterocycles. The molecule has 0 bridgehead atoms. The lowest BCUT2D eigenvalue weighted by Gasteiger charge is -2.14. The maximum atomic E-state index is 5.26. The van der Waals surface area contributed by atoms with Crippen LogP contribution in [0.1, 0.15) is 0 Å². The summed E-state index contributed by atoms with van der Waals surface area (Å²) in [5.41, 5.74) is 13.2. The van der Waals surface area contributed by atoms with Crippen LogP contribution in [0.5, 0.6) is 0 Å². The summed E-state index contributed by atoms with van der Waals surface area (Å²) in [6.45, 7) is 0. The van der Waals surface area contributed by atoms with E-state index in [0.717, 1.165) is 82.6 Å². The van der Waals surface area contributed by atoms with Gasteiger partial charge in [0, 0.05) is 49.8 Å². The second kappa shape index (κ2) is 11.4. The first-order valence-electron chi connectivity index (χ1n) is 16.8. The Morgan fingerprint density at radius 1 is 0.300 bits per heavy atom. The fraction of sp³-hybridized carbons (Fsp3) is 0. The minimum absolute atomic E-state index is 0.896. The molecule has 0 atom stereocenters. The van der Waals surface area contributed by atoms with E-state index in [1.165, 1.54) is 16.7 Å². The molecule has 0 saturated carbocycles. The number of nitrogens with zero attached hydrogens (tertiary/aromatic N) is 4. The molecular formula is C46H28N4. The van der Waals surface area contributed by atoms with Crippen molar-refractivity contribution in [3.63, 3.8) is 0 Å². The van der Waals surface area contributed by atoms with Gasteiger partial charge in [0.05, 0.1) is 39.0 Å². The Hall–Kier alpha value is -6.78. The summed E-state index contributed by atoms with van der Waals surface area (Å²) in [7, 11) is 0. The number of fused-ring (bicyclic) bond motifs is 7. The van der Waals surface area contributed by atoms with Crippen LogP contribution in [0.2, 0.25) is 0 Å². The van der Waals surface area contributed by atoms with Gasteiger partial charge in [-0.2, -0.15) is 0 Å². The van der Waals surface area contributed by atoms with Crippen LogP contribution >= 0.6 is 0 Å². The molecule has 6 aromatic carbocycles. The van der Waals surface area contributed by atoms with Crippen molar-refractivity contribution >= 4 is 54.5 Å². The van der Waals surface area contributed by atoms with E-state index < -0.39 is 0 Å². The van der Waals surface area contributed by atoms with E-state index in [2.05, 4.69) is 163 Å². The van der Waals surface area contributed by atoms with Gasteiger partial charge in [-0.1, -0.05) is 140 Å². The number of aromatic nitrogens is 4. The average Bonchev–Trinajstić information content (AvgIpc) is 3.20. The largest absolute Gasteiger partial charge is 0.254 e. The van der Waals surface area contributed by atoms with Crippen LogP contribution in [-0.2, 0) is 0 Å². The summed E-state index contributed by atoms with van der Waals surface area (Å²) in [6, 6.07) is 57.3. The normalized spacial score (nSPS) is 11.6. The topological polar surface area (TPSA) is 51.6 Å². The predicted octanol–water partition coefficient (Wildman–Crippen LogP) is 11.7. The maximum Gasteiger partial charge on any atom is 0.0978 e. The number of benzene rings is 6. The van der Waals surface area contributed by atoms with Gasteiger partial charge in [-0.15, -0.1) is 0 Å². The summed E-state index contributed by atoms with van der Waals surface area (Å²) in [4.78, 5) is 20.1. The molecule has 0 fully saturated rings. The van der Waals surface area contributed by atoms with Gasteiger partial charge in [-0.05, 0) is 41.0 Å². The molecule has 10 aromatic rings. The van der Waals surface area contributed by atoms with Crippen LogP contribution < -0.4 is 0 Å². The zero-order chi connectivity index (χ0) is 33.0. The molecule has 0 amide bonds. The van der Waals surface area contributed by atoms with E-state index in [-0.39, 0.29) is 0 Å². The van der Waals surface area contributed by atoms with Crippen molar-refractivity contribution in [3.8, 4) is 44.8 Å². The standard InChI is InChI=1S/C46H28N4/c1-2-7-29(8-3-1)30-12-18-33(19-13-30)42-37-10-4-5-11-41(37)50-46-38(42)25-22-36-24-27-40(49-45(36)46)32-16-14-31(15-17-32)39-26-23-35-21-20-34-9-6-28-47-43(34)44(35)48-39/h1-28H. The van der Waals surface area contributed by atoms with Crippen LogP contribution in [0.3, 0.4) is 0 Å². The summed E-state index contributed by atoms with van der Waals surface area (Å²) in [5, 5.41) is 5.45. The van der Waals surface area contributed by atoms with Crippen molar-refractivity contribution in [2.45, 2.75) is 0 Å². The monoisotopic (exact) mass is 636 g/mol. The van der Waals surface area contributed by atoms with Crippen molar-refractivity contribution in [2.75, 3.05) is 0 Å². The summed E-state index contributed by atoms with van der Waals surface area (Å²) < 4.78 is 0. The molecule has 0 N–H and O–H groups in total. The Labute approximate surface area is 288 Å². The first-order chi connectivity index (χ1) is 24.8. The molecule has 0 radical (unpaired) electrons. The van der Waals surface area contributed by atoms with Gasteiger partial charge < -0.3 is 0 Å². The zero-order valence-electron chi connectivity index (χ0n) is 27.0.